The quantitative estimate of drug-likeness (QED) is 0.607. The Bertz CT molecular complexity index is 598. The van der Waals surface area contributed by atoms with Crippen molar-refractivity contribution in [2.24, 2.45) is 0 Å². The zero-order chi connectivity index (χ0) is 15.2. The third-order valence-corrected chi connectivity index (χ3v) is 3.99. The fraction of sp³-hybridized carbons (Fsp3) is 0.286. The number of hydrogen-bond acceptors (Lipinski definition) is 6. The van der Waals surface area contributed by atoms with Gasteiger partial charge in [0.15, 0.2) is 0 Å². The zero-order valence-corrected chi connectivity index (χ0v) is 12.5. The molecular weight excluding hydrogens is 290 g/mol. The molecule has 0 bridgehead atoms. The normalized spacial score (nSPS) is 10.4. The molecule has 6 nitrogen and oxygen atoms in total. The van der Waals surface area contributed by atoms with Crippen molar-refractivity contribution in [2.75, 3.05) is 30.4 Å². The molecule has 0 fully saturated rings. The van der Waals surface area contributed by atoms with Gasteiger partial charge in [0, 0.05) is 43.0 Å². The first-order valence-electron chi connectivity index (χ1n) is 6.48. The Hall–Kier alpha value is -2.12. The van der Waals surface area contributed by atoms with E-state index in [1.807, 2.05) is 36.2 Å². The predicted octanol–water partition coefficient (Wildman–Crippen LogP) is 2.70. The van der Waals surface area contributed by atoms with Crippen LogP contribution < -0.4 is 10.2 Å². The van der Waals surface area contributed by atoms with Gasteiger partial charge < -0.3 is 15.3 Å². The van der Waals surface area contributed by atoms with E-state index in [1.165, 1.54) is 0 Å². The van der Waals surface area contributed by atoms with E-state index in [-0.39, 0.29) is 16.5 Å². The Morgan fingerprint density at radius 3 is 2.67 bits per heavy atom. The van der Waals surface area contributed by atoms with E-state index in [9.17, 15) is 10.1 Å². The number of nitro groups is 1. The van der Waals surface area contributed by atoms with Gasteiger partial charge in [-0.05, 0) is 29.8 Å². The number of benzene rings is 1. The molecule has 0 saturated heterocycles. The molecule has 0 saturated carbocycles. The number of aliphatic hydroxyl groups is 1. The van der Waals surface area contributed by atoms with Crippen LogP contribution in [0.25, 0.3) is 0 Å². The molecule has 0 aliphatic carbocycles. The summed E-state index contributed by atoms with van der Waals surface area (Å²) in [5, 5.41) is 24.7. The lowest BCUT2D eigenvalue weighted by Crippen LogP contribution is -2.20. The van der Waals surface area contributed by atoms with Crippen molar-refractivity contribution in [2.45, 2.75) is 6.54 Å². The van der Waals surface area contributed by atoms with Crippen LogP contribution in [0.4, 0.5) is 16.4 Å². The average molecular weight is 307 g/mol. The summed E-state index contributed by atoms with van der Waals surface area (Å²) >= 11 is 1.14. The summed E-state index contributed by atoms with van der Waals surface area (Å²) in [5.74, 6) is 0. The SMILES string of the molecule is CN(CCO)c1ccc(NCc2csc([N+](=O)[O-])c2)cc1. The van der Waals surface area contributed by atoms with E-state index in [0.717, 1.165) is 28.3 Å². The molecule has 1 aromatic carbocycles. The molecule has 1 aromatic heterocycles. The van der Waals surface area contributed by atoms with Gasteiger partial charge in [-0.15, -0.1) is 0 Å². The number of aliphatic hydroxyl groups excluding tert-OH is 1. The van der Waals surface area contributed by atoms with Gasteiger partial charge in [-0.2, -0.15) is 0 Å². The lowest BCUT2D eigenvalue weighted by Gasteiger charge is -2.18. The van der Waals surface area contributed by atoms with Crippen molar-refractivity contribution in [1.29, 1.82) is 0 Å². The largest absolute Gasteiger partial charge is 0.395 e. The number of anilines is 2. The third-order valence-electron chi connectivity index (χ3n) is 3.06. The van der Waals surface area contributed by atoms with Crippen molar-refractivity contribution in [3.05, 3.63) is 51.4 Å². The summed E-state index contributed by atoms with van der Waals surface area (Å²) in [6, 6.07) is 9.41. The van der Waals surface area contributed by atoms with Gasteiger partial charge in [0.1, 0.15) is 0 Å². The van der Waals surface area contributed by atoms with Gasteiger partial charge in [-0.25, -0.2) is 0 Å². The lowest BCUT2D eigenvalue weighted by atomic mass is 10.2. The first-order valence-corrected chi connectivity index (χ1v) is 7.36. The topological polar surface area (TPSA) is 78.6 Å². The monoisotopic (exact) mass is 307 g/mol. The highest BCUT2D eigenvalue weighted by atomic mass is 32.1. The summed E-state index contributed by atoms with van der Waals surface area (Å²) < 4.78 is 0. The van der Waals surface area contributed by atoms with Crippen LogP contribution in [0.15, 0.2) is 35.7 Å². The zero-order valence-electron chi connectivity index (χ0n) is 11.7. The van der Waals surface area contributed by atoms with E-state index in [4.69, 9.17) is 5.11 Å². The molecular formula is C14H17N3O3S. The fourth-order valence-corrected chi connectivity index (χ4v) is 2.60. The van der Waals surface area contributed by atoms with E-state index in [0.29, 0.717) is 13.1 Å². The number of nitrogens with zero attached hydrogens (tertiary/aromatic N) is 2. The van der Waals surface area contributed by atoms with Crippen molar-refractivity contribution >= 4 is 27.7 Å². The van der Waals surface area contributed by atoms with Crippen LogP contribution >= 0.6 is 11.3 Å². The number of likely N-dealkylation sites (N-methyl/N-ethyl adjacent to an activating group) is 1. The molecule has 0 radical (unpaired) electrons. The highest BCUT2D eigenvalue weighted by Crippen LogP contribution is 2.23. The predicted molar refractivity (Wildman–Crippen MR) is 85.1 cm³/mol. The first-order chi connectivity index (χ1) is 10.1. The summed E-state index contributed by atoms with van der Waals surface area (Å²) in [5.41, 5.74) is 2.87. The van der Waals surface area contributed by atoms with Crippen LogP contribution in [0.5, 0.6) is 0 Å². The number of hydrogen-bond donors (Lipinski definition) is 2. The molecule has 0 amide bonds. The van der Waals surface area contributed by atoms with Crippen LogP contribution in [0.3, 0.4) is 0 Å². The van der Waals surface area contributed by atoms with Crippen LogP contribution in [0.2, 0.25) is 0 Å². The molecule has 1 heterocycles. The standard InChI is InChI=1S/C14H17N3O3S/c1-16(6-7-18)13-4-2-12(3-5-13)15-9-11-8-14(17(19)20)21-10-11/h2-5,8,10,15,18H,6-7,9H2,1H3. The van der Waals surface area contributed by atoms with E-state index < -0.39 is 0 Å². The second kappa shape index (κ2) is 7.05. The summed E-state index contributed by atoms with van der Waals surface area (Å²) in [4.78, 5) is 12.2. The van der Waals surface area contributed by atoms with Crippen molar-refractivity contribution in [3.63, 3.8) is 0 Å². The van der Waals surface area contributed by atoms with Gasteiger partial charge in [-0.1, -0.05) is 11.3 Å². The van der Waals surface area contributed by atoms with Crippen molar-refractivity contribution in [3.8, 4) is 0 Å². The third kappa shape index (κ3) is 4.17. The minimum absolute atomic E-state index is 0.118. The van der Waals surface area contributed by atoms with Crippen molar-refractivity contribution < 1.29 is 10.0 Å². The lowest BCUT2D eigenvalue weighted by molar-refractivity contribution is -0.380. The number of rotatable bonds is 7. The first kappa shape index (κ1) is 15.3. The number of nitrogens with one attached hydrogen (secondary N) is 1. The Labute approximate surface area is 126 Å². The molecule has 0 atom stereocenters. The van der Waals surface area contributed by atoms with Gasteiger partial charge in [0.2, 0.25) is 0 Å². The van der Waals surface area contributed by atoms with Gasteiger partial charge in [0.05, 0.1) is 11.5 Å². The minimum atomic E-state index is -0.375. The Balaban J connectivity index is 1.92. The fourth-order valence-electron chi connectivity index (χ4n) is 1.87. The highest BCUT2D eigenvalue weighted by molar-refractivity contribution is 7.13. The molecule has 112 valence electrons. The minimum Gasteiger partial charge on any atom is -0.395 e. The van der Waals surface area contributed by atoms with E-state index >= 15 is 0 Å². The van der Waals surface area contributed by atoms with E-state index in [2.05, 4.69) is 5.32 Å². The van der Waals surface area contributed by atoms with Crippen LogP contribution in [-0.2, 0) is 6.54 Å². The van der Waals surface area contributed by atoms with Crippen molar-refractivity contribution in [1.82, 2.24) is 0 Å². The highest BCUT2D eigenvalue weighted by Gasteiger charge is 2.09. The maximum Gasteiger partial charge on any atom is 0.324 e. The molecule has 21 heavy (non-hydrogen) atoms. The number of thiophene rings is 1. The molecule has 0 spiro atoms. The summed E-state index contributed by atoms with van der Waals surface area (Å²) in [6.07, 6.45) is 0. The molecule has 0 aliphatic rings. The molecule has 2 N–H and O–H groups in total. The van der Waals surface area contributed by atoms with E-state index in [1.54, 1.807) is 11.4 Å². The van der Waals surface area contributed by atoms with Crippen LogP contribution in [-0.4, -0.2) is 30.2 Å². The van der Waals surface area contributed by atoms with Gasteiger partial charge in [-0.3, -0.25) is 10.1 Å². The molecule has 2 aromatic rings. The smallest absolute Gasteiger partial charge is 0.324 e. The molecule has 2 rings (SSSR count). The molecule has 0 unspecified atom stereocenters. The van der Waals surface area contributed by atoms with Crippen LogP contribution in [0, 0.1) is 10.1 Å². The van der Waals surface area contributed by atoms with Gasteiger partial charge in [0.25, 0.3) is 0 Å². The maximum atomic E-state index is 10.6. The second-order valence-electron chi connectivity index (χ2n) is 4.60. The second-order valence-corrected chi connectivity index (χ2v) is 5.49. The molecule has 0 aliphatic heterocycles. The Morgan fingerprint density at radius 1 is 1.38 bits per heavy atom. The molecule has 7 heteroatoms. The summed E-state index contributed by atoms with van der Waals surface area (Å²) in [7, 11) is 1.92. The van der Waals surface area contributed by atoms with Crippen LogP contribution in [0.1, 0.15) is 5.56 Å². The Kier molecular flexibility index (Phi) is 5.13. The summed E-state index contributed by atoms with van der Waals surface area (Å²) in [6.45, 7) is 1.26. The Morgan fingerprint density at radius 2 is 2.10 bits per heavy atom. The maximum absolute atomic E-state index is 10.6. The van der Waals surface area contributed by atoms with Gasteiger partial charge >= 0.3 is 5.00 Å². The average Bonchev–Trinajstić information content (AvgIpc) is 2.95.